The highest BCUT2D eigenvalue weighted by Crippen LogP contribution is 2.60. The van der Waals surface area contributed by atoms with Crippen molar-refractivity contribution in [2.45, 2.75) is 8.67 Å². The van der Waals surface area contributed by atoms with Crippen LogP contribution in [0.25, 0.3) is 0 Å². The van der Waals surface area contributed by atoms with E-state index < -0.39 is 8.67 Å². The molecule has 0 bridgehead atoms. The highest BCUT2D eigenvalue weighted by Gasteiger charge is 2.56. The quantitative estimate of drug-likeness (QED) is 0.487. The molecule has 1 aliphatic rings. The van der Waals surface area contributed by atoms with Crippen LogP contribution in [0.2, 0.25) is 0 Å². The minimum Gasteiger partial charge on any atom is -0.0914 e. The zero-order valence-corrected chi connectivity index (χ0v) is 12.1. The molecule has 0 fully saturated rings. The highest BCUT2D eigenvalue weighted by atomic mass is 35.5. The Morgan fingerprint density at radius 2 is 0.786 bits per heavy atom. The van der Waals surface area contributed by atoms with E-state index in [9.17, 15) is 0 Å². The van der Waals surface area contributed by atoms with Crippen LogP contribution in [0.5, 0.6) is 0 Å². The fourth-order valence-corrected chi connectivity index (χ4v) is 2.93. The van der Waals surface area contributed by atoms with E-state index in [4.69, 9.17) is 92.8 Å². The maximum Gasteiger partial charge on any atom is 0.192 e. The standard InChI is InChI=1S/C6Cl8/c7-1-2(8)4(10)6(13,14)5(11,12)3(1)9. The molecule has 14 heavy (non-hydrogen) atoms. The Morgan fingerprint density at radius 3 is 1.00 bits per heavy atom. The number of rotatable bonds is 0. The third-order valence-corrected chi connectivity index (χ3v) is 6.18. The van der Waals surface area contributed by atoms with Crippen molar-refractivity contribution in [3.8, 4) is 0 Å². The first-order valence-corrected chi connectivity index (χ1v) is 6.04. The van der Waals surface area contributed by atoms with Gasteiger partial charge in [-0.05, 0) is 0 Å². The lowest BCUT2D eigenvalue weighted by molar-refractivity contribution is 0.858. The van der Waals surface area contributed by atoms with Crippen LogP contribution in [0.4, 0.5) is 0 Å². The number of alkyl halides is 4. The van der Waals surface area contributed by atoms with Crippen molar-refractivity contribution in [1.82, 2.24) is 0 Å². The number of allylic oxidation sites excluding steroid dienone is 4. The van der Waals surface area contributed by atoms with E-state index in [1.807, 2.05) is 0 Å². The molecule has 0 radical (unpaired) electrons. The van der Waals surface area contributed by atoms with Gasteiger partial charge in [0, 0.05) is 0 Å². The summed E-state index contributed by atoms with van der Waals surface area (Å²) < 4.78 is -3.66. The molecule has 0 spiro atoms. The first-order valence-electron chi connectivity index (χ1n) is 3.01. The Labute approximate surface area is 121 Å². The van der Waals surface area contributed by atoms with Crippen molar-refractivity contribution in [1.29, 1.82) is 0 Å². The predicted molar refractivity (Wildman–Crippen MR) is 66.3 cm³/mol. The van der Waals surface area contributed by atoms with Crippen molar-refractivity contribution in [3.05, 3.63) is 20.1 Å². The van der Waals surface area contributed by atoms with Crippen molar-refractivity contribution in [2.24, 2.45) is 0 Å². The van der Waals surface area contributed by atoms with Crippen LogP contribution in [0.1, 0.15) is 0 Å². The third kappa shape index (κ3) is 1.87. The fourth-order valence-electron chi connectivity index (χ4n) is 0.744. The van der Waals surface area contributed by atoms with Gasteiger partial charge in [0.1, 0.15) is 0 Å². The van der Waals surface area contributed by atoms with E-state index in [-0.39, 0.29) is 20.1 Å². The summed E-state index contributed by atoms with van der Waals surface area (Å²) in [6, 6.07) is 0. The first kappa shape index (κ1) is 13.9. The minimum absolute atomic E-state index is 0.0692. The van der Waals surface area contributed by atoms with Gasteiger partial charge in [-0.2, -0.15) is 0 Å². The molecule has 1 rings (SSSR count). The maximum absolute atomic E-state index is 5.82. The van der Waals surface area contributed by atoms with Crippen LogP contribution in [0.15, 0.2) is 20.1 Å². The van der Waals surface area contributed by atoms with E-state index in [1.54, 1.807) is 0 Å². The molecule has 1 aliphatic carbocycles. The fraction of sp³-hybridized carbons (Fsp3) is 0.333. The van der Waals surface area contributed by atoms with Crippen molar-refractivity contribution >= 4 is 92.8 Å². The molecule has 0 amide bonds. The summed E-state index contributed by atoms with van der Waals surface area (Å²) in [5.41, 5.74) is 0. The summed E-state index contributed by atoms with van der Waals surface area (Å²) in [6.07, 6.45) is 0. The van der Waals surface area contributed by atoms with E-state index in [2.05, 4.69) is 0 Å². The van der Waals surface area contributed by atoms with Crippen molar-refractivity contribution in [3.63, 3.8) is 0 Å². The lowest BCUT2D eigenvalue weighted by atomic mass is 10.1. The Kier molecular flexibility index (Phi) is 4.19. The zero-order chi connectivity index (χ0) is 11.3. The largest absolute Gasteiger partial charge is 0.192 e. The second-order valence-electron chi connectivity index (χ2n) is 2.40. The van der Waals surface area contributed by atoms with Crippen LogP contribution in [-0.4, -0.2) is 8.67 Å². The number of halogens is 8. The Morgan fingerprint density at radius 1 is 0.571 bits per heavy atom. The van der Waals surface area contributed by atoms with Gasteiger partial charge in [-0.25, -0.2) is 0 Å². The molecular weight excluding hydrogens is 356 g/mol. The minimum atomic E-state index is -1.83. The van der Waals surface area contributed by atoms with E-state index in [0.29, 0.717) is 0 Å². The summed E-state index contributed by atoms with van der Waals surface area (Å²) in [5.74, 6) is 0. The second kappa shape index (κ2) is 4.23. The molecule has 0 aliphatic heterocycles. The molecule has 0 N–H and O–H groups in total. The van der Waals surface area contributed by atoms with Crippen molar-refractivity contribution in [2.75, 3.05) is 0 Å². The van der Waals surface area contributed by atoms with Crippen molar-refractivity contribution < 1.29 is 0 Å². The molecule has 8 heteroatoms. The number of hydrogen-bond donors (Lipinski definition) is 0. The van der Waals surface area contributed by atoms with E-state index in [1.165, 1.54) is 0 Å². The SMILES string of the molecule is ClC1=C(Cl)C(Cl)(Cl)C(Cl)(Cl)C(Cl)=C1Cl. The molecule has 0 aromatic heterocycles. The van der Waals surface area contributed by atoms with Gasteiger partial charge >= 0.3 is 0 Å². The molecule has 0 heterocycles. The highest BCUT2D eigenvalue weighted by molar-refractivity contribution is 6.72. The summed E-state index contributed by atoms with van der Waals surface area (Å²) in [6.45, 7) is 0. The molecule has 0 saturated carbocycles. The van der Waals surface area contributed by atoms with Crippen LogP contribution >= 0.6 is 92.8 Å². The van der Waals surface area contributed by atoms with Crippen LogP contribution < -0.4 is 0 Å². The Balaban J connectivity index is 3.48. The molecule has 0 aromatic carbocycles. The molecule has 0 unspecified atom stereocenters. The Bertz CT molecular complexity index is 302. The summed E-state index contributed by atoms with van der Waals surface area (Å²) in [7, 11) is 0. The smallest absolute Gasteiger partial charge is 0.0914 e. The van der Waals surface area contributed by atoms with Gasteiger partial charge in [0.25, 0.3) is 0 Å². The van der Waals surface area contributed by atoms with E-state index in [0.717, 1.165) is 0 Å². The molecule has 80 valence electrons. The van der Waals surface area contributed by atoms with E-state index >= 15 is 0 Å². The molecule has 0 aromatic rings. The van der Waals surface area contributed by atoms with Gasteiger partial charge in [0.05, 0.1) is 20.1 Å². The van der Waals surface area contributed by atoms with Gasteiger partial charge in [0.2, 0.25) is 0 Å². The zero-order valence-electron chi connectivity index (χ0n) is 6.02. The lowest BCUT2D eigenvalue weighted by Gasteiger charge is -2.36. The molecule has 0 saturated heterocycles. The monoisotopic (exact) mass is 352 g/mol. The van der Waals surface area contributed by atoms with Gasteiger partial charge in [0.15, 0.2) is 8.67 Å². The second-order valence-corrected chi connectivity index (χ2v) is 6.57. The van der Waals surface area contributed by atoms with Gasteiger partial charge < -0.3 is 0 Å². The summed E-state index contributed by atoms with van der Waals surface area (Å²) >= 11 is 46.2. The maximum atomic E-state index is 5.82. The van der Waals surface area contributed by atoms with Crippen LogP contribution in [-0.2, 0) is 0 Å². The molecular formula is C6Cl8. The van der Waals surface area contributed by atoms with Crippen LogP contribution in [0.3, 0.4) is 0 Å². The molecule has 0 atom stereocenters. The normalized spacial score (nSPS) is 25.7. The summed E-state index contributed by atoms with van der Waals surface area (Å²) in [4.78, 5) is 0. The Hall–Kier alpha value is 1.80. The lowest BCUT2D eigenvalue weighted by Crippen LogP contribution is -2.40. The first-order chi connectivity index (χ1) is 6.14. The van der Waals surface area contributed by atoms with Gasteiger partial charge in [-0.1, -0.05) is 92.8 Å². The molecule has 0 nitrogen and oxygen atoms in total. The average molecular weight is 356 g/mol. The summed E-state index contributed by atoms with van der Waals surface area (Å²) in [5, 5.41) is -0.468. The van der Waals surface area contributed by atoms with Crippen LogP contribution in [0, 0.1) is 0 Å². The van der Waals surface area contributed by atoms with Gasteiger partial charge in [-0.15, -0.1) is 0 Å². The third-order valence-electron chi connectivity index (χ3n) is 1.52. The predicted octanol–water partition coefficient (Wildman–Crippen LogP) is 5.73. The average Bonchev–Trinajstić information content (AvgIpc) is 2.10. The number of hydrogen-bond acceptors (Lipinski definition) is 0. The topological polar surface area (TPSA) is 0 Å². The van der Waals surface area contributed by atoms with Gasteiger partial charge in [-0.3, -0.25) is 0 Å².